The van der Waals surface area contributed by atoms with Gasteiger partial charge in [-0.05, 0) is 30.9 Å². The molecule has 1 aromatic heterocycles. The van der Waals surface area contributed by atoms with E-state index in [9.17, 15) is 4.79 Å². The number of nitrogen functional groups attached to an aromatic ring is 1. The molecule has 0 saturated heterocycles. The van der Waals surface area contributed by atoms with Gasteiger partial charge in [0.1, 0.15) is 0 Å². The summed E-state index contributed by atoms with van der Waals surface area (Å²) in [5.41, 5.74) is 6.41. The summed E-state index contributed by atoms with van der Waals surface area (Å²) >= 11 is 0. The first-order valence-corrected chi connectivity index (χ1v) is 4.84. The quantitative estimate of drug-likeness (QED) is 0.755. The van der Waals surface area contributed by atoms with Crippen molar-refractivity contribution in [3.05, 3.63) is 28.2 Å². The van der Waals surface area contributed by atoms with Crippen molar-refractivity contribution in [1.82, 2.24) is 4.98 Å². The predicted molar refractivity (Wildman–Crippen MR) is 53.9 cm³/mol. The van der Waals surface area contributed by atoms with Gasteiger partial charge in [-0.1, -0.05) is 0 Å². The van der Waals surface area contributed by atoms with Crippen LogP contribution in [0.5, 0.6) is 0 Å². The second-order valence-electron chi connectivity index (χ2n) is 3.66. The number of ether oxygens (including phenoxy) is 1. The number of anilines is 1. The van der Waals surface area contributed by atoms with Gasteiger partial charge in [-0.2, -0.15) is 0 Å². The van der Waals surface area contributed by atoms with Gasteiger partial charge in [0.25, 0.3) is 5.56 Å². The molecule has 1 aliphatic carbocycles. The molecule has 1 aliphatic rings. The molecule has 1 heterocycles. The largest absolute Gasteiger partial charge is 0.394 e. The van der Waals surface area contributed by atoms with Crippen LogP contribution >= 0.6 is 0 Å². The lowest BCUT2D eigenvalue weighted by Crippen LogP contribution is -2.21. The van der Waals surface area contributed by atoms with Crippen LogP contribution in [0.25, 0.3) is 0 Å². The van der Waals surface area contributed by atoms with E-state index in [0.717, 1.165) is 18.4 Å². The number of hydrogen-bond donors (Lipinski definition) is 2. The first-order valence-electron chi connectivity index (χ1n) is 4.84. The topological polar surface area (TPSA) is 68.1 Å². The maximum Gasteiger partial charge on any atom is 0.271 e. The van der Waals surface area contributed by atoms with E-state index in [1.54, 1.807) is 12.3 Å². The molecule has 2 rings (SSSR count). The van der Waals surface area contributed by atoms with Gasteiger partial charge >= 0.3 is 0 Å². The van der Waals surface area contributed by atoms with Crippen molar-refractivity contribution in [2.45, 2.75) is 32.0 Å². The number of nitrogens with two attached hydrogens (primary N) is 1. The van der Waals surface area contributed by atoms with Crippen LogP contribution in [0.2, 0.25) is 0 Å². The molecule has 3 N–H and O–H groups in total. The van der Waals surface area contributed by atoms with E-state index >= 15 is 0 Å². The standard InChI is InChI=1S/C10H14N2O2/c11-9-4-7(5-12-10(9)13)6-14-8-2-1-3-8/h4-5,8H,1-3,6,11H2,(H,12,13). The molecule has 14 heavy (non-hydrogen) atoms. The van der Waals surface area contributed by atoms with Crippen molar-refractivity contribution in [1.29, 1.82) is 0 Å². The number of aromatic nitrogens is 1. The van der Waals surface area contributed by atoms with Crippen LogP contribution < -0.4 is 11.3 Å². The third-order valence-electron chi connectivity index (χ3n) is 2.53. The second kappa shape index (κ2) is 3.84. The van der Waals surface area contributed by atoms with Gasteiger partial charge in [0, 0.05) is 6.20 Å². The number of nitrogens with one attached hydrogen (secondary N) is 1. The lowest BCUT2D eigenvalue weighted by molar-refractivity contribution is -0.00875. The van der Waals surface area contributed by atoms with Gasteiger partial charge in [0.15, 0.2) is 0 Å². The van der Waals surface area contributed by atoms with E-state index in [2.05, 4.69) is 4.98 Å². The van der Waals surface area contributed by atoms with Gasteiger partial charge in [0.05, 0.1) is 18.4 Å². The molecular formula is C10H14N2O2. The highest BCUT2D eigenvalue weighted by Crippen LogP contribution is 2.22. The fourth-order valence-corrected chi connectivity index (χ4v) is 1.38. The van der Waals surface area contributed by atoms with Crippen molar-refractivity contribution in [3.8, 4) is 0 Å². The summed E-state index contributed by atoms with van der Waals surface area (Å²) in [6.07, 6.45) is 5.62. The van der Waals surface area contributed by atoms with Crippen LogP contribution in [-0.2, 0) is 11.3 Å². The Morgan fingerprint density at radius 3 is 2.93 bits per heavy atom. The minimum absolute atomic E-state index is 0.239. The second-order valence-corrected chi connectivity index (χ2v) is 3.66. The van der Waals surface area contributed by atoms with Gasteiger partial charge in [-0.25, -0.2) is 0 Å². The summed E-state index contributed by atoms with van der Waals surface area (Å²) < 4.78 is 5.58. The highest BCUT2D eigenvalue weighted by Gasteiger charge is 2.17. The molecule has 0 radical (unpaired) electrons. The summed E-state index contributed by atoms with van der Waals surface area (Å²) in [4.78, 5) is 13.5. The predicted octanol–water partition coefficient (Wildman–Crippen LogP) is 1.03. The molecule has 76 valence electrons. The van der Waals surface area contributed by atoms with E-state index in [1.807, 2.05) is 0 Å². The molecule has 1 saturated carbocycles. The Balaban J connectivity index is 1.95. The highest BCUT2D eigenvalue weighted by molar-refractivity contribution is 5.36. The average molecular weight is 194 g/mol. The minimum atomic E-state index is -0.239. The lowest BCUT2D eigenvalue weighted by atomic mass is 9.96. The third kappa shape index (κ3) is 1.96. The zero-order chi connectivity index (χ0) is 9.97. The van der Waals surface area contributed by atoms with Gasteiger partial charge < -0.3 is 15.5 Å². The van der Waals surface area contributed by atoms with Crippen molar-refractivity contribution in [2.24, 2.45) is 0 Å². The van der Waals surface area contributed by atoms with E-state index in [0.29, 0.717) is 12.7 Å². The van der Waals surface area contributed by atoms with Crippen LogP contribution in [0, 0.1) is 0 Å². The molecule has 0 amide bonds. The summed E-state index contributed by atoms with van der Waals surface area (Å²) in [7, 11) is 0. The summed E-state index contributed by atoms with van der Waals surface area (Å²) in [5.74, 6) is 0. The maximum absolute atomic E-state index is 11.0. The molecule has 4 heteroatoms. The maximum atomic E-state index is 11.0. The fraction of sp³-hybridized carbons (Fsp3) is 0.500. The number of H-pyrrole nitrogens is 1. The van der Waals surface area contributed by atoms with Crippen molar-refractivity contribution in [3.63, 3.8) is 0 Å². The van der Waals surface area contributed by atoms with Gasteiger partial charge in [-0.15, -0.1) is 0 Å². The van der Waals surface area contributed by atoms with Crippen LogP contribution in [0.3, 0.4) is 0 Å². The molecule has 0 aromatic carbocycles. The lowest BCUT2D eigenvalue weighted by Gasteiger charge is -2.25. The first-order chi connectivity index (χ1) is 6.75. The number of hydrogen-bond acceptors (Lipinski definition) is 3. The van der Waals surface area contributed by atoms with E-state index in [4.69, 9.17) is 10.5 Å². The molecule has 0 unspecified atom stereocenters. The Morgan fingerprint density at radius 1 is 1.57 bits per heavy atom. The number of pyridine rings is 1. The highest BCUT2D eigenvalue weighted by atomic mass is 16.5. The first kappa shape index (κ1) is 9.27. The van der Waals surface area contributed by atoms with Crippen molar-refractivity contribution in [2.75, 3.05) is 5.73 Å². The average Bonchev–Trinajstić information content (AvgIpc) is 2.08. The number of aromatic amines is 1. The molecule has 0 aliphatic heterocycles. The molecule has 0 atom stereocenters. The van der Waals surface area contributed by atoms with Crippen molar-refractivity contribution >= 4 is 5.69 Å². The van der Waals surface area contributed by atoms with Crippen molar-refractivity contribution < 1.29 is 4.74 Å². The van der Waals surface area contributed by atoms with E-state index in [-0.39, 0.29) is 11.2 Å². The Morgan fingerprint density at radius 2 is 2.36 bits per heavy atom. The molecule has 1 aromatic rings. The Bertz CT molecular complexity index is 369. The zero-order valence-corrected chi connectivity index (χ0v) is 7.95. The summed E-state index contributed by atoms with van der Waals surface area (Å²) in [5, 5.41) is 0. The minimum Gasteiger partial charge on any atom is -0.394 e. The molecular weight excluding hydrogens is 180 g/mol. The van der Waals surface area contributed by atoms with E-state index in [1.165, 1.54) is 6.42 Å². The number of rotatable bonds is 3. The Labute approximate surface area is 82.1 Å². The van der Waals surface area contributed by atoms with Crippen LogP contribution in [0.1, 0.15) is 24.8 Å². The molecule has 0 bridgehead atoms. The third-order valence-corrected chi connectivity index (χ3v) is 2.53. The molecule has 1 fully saturated rings. The Hall–Kier alpha value is -1.29. The monoisotopic (exact) mass is 194 g/mol. The van der Waals surface area contributed by atoms with Gasteiger partial charge in [-0.3, -0.25) is 4.79 Å². The molecule has 4 nitrogen and oxygen atoms in total. The summed E-state index contributed by atoms with van der Waals surface area (Å²) in [6.45, 7) is 0.533. The zero-order valence-electron chi connectivity index (χ0n) is 7.95. The van der Waals surface area contributed by atoms with Crippen LogP contribution in [0.4, 0.5) is 5.69 Å². The Kier molecular flexibility index (Phi) is 2.54. The van der Waals surface area contributed by atoms with Crippen LogP contribution in [-0.4, -0.2) is 11.1 Å². The smallest absolute Gasteiger partial charge is 0.271 e. The summed E-state index contributed by atoms with van der Waals surface area (Å²) in [6, 6.07) is 1.66. The fourth-order valence-electron chi connectivity index (χ4n) is 1.38. The normalized spacial score (nSPS) is 16.6. The molecule has 0 spiro atoms. The van der Waals surface area contributed by atoms with Gasteiger partial charge in [0.2, 0.25) is 0 Å². The van der Waals surface area contributed by atoms with E-state index < -0.39 is 0 Å². The SMILES string of the molecule is Nc1cc(COC2CCC2)c[nH]c1=O. The van der Waals surface area contributed by atoms with Crippen LogP contribution in [0.15, 0.2) is 17.1 Å².